The number of hydrogen-bond acceptors (Lipinski definition) is 3. The summed E-state index contributed by atoms with van der Waals surface area (Å²) in [6.07, 6.45) is 4.00. The molecule has 0 aromatic rings. The van der Waals surface area contributed by atoms with Crippen LogP contribution in [0.1, 0.15) is 33.1 Å². The van der Waals surface area contributed by atoms with E-state index in [-0.39, 0.29) is 0 Å². The molecule has 3 nitrogen and oxygen atoms in total. The molecule has 2 saturated heterocycles. The third-order valence-corrected chi connectivity index (χ3v) is 4.61. The van der Waals surface area contributed by atoms with E-state index >= 15 is 0 Å². The van der Waals surface area contributed by atoms with Gasteiger partial charge in [0.1, 0.15) is 0 Å². The molecule has 4 unspecified atom stereocenters. The summed E-state index contributed by atoms with van der Waals surface area (Å²) >= 11 is 0. The zero-order chi connectivity index (χ0) is 11.7. The molecular weight excluding hydrogens is 198 g/mol. The molecule has 2 rings (SSSR count). The minimum Gasteiger partial charge on any atom is -0.328 e. The van der Waals surface area contributed by atoms with Gasteiger partial charge in [-0.1, -0.05) is 0 Å². The summed E-state index contributed by atoms with van der Waals surface area (Å²) in [5.74, 6) is 0.718. The topological polar surface area (TPSA) is 32.5 Å². The van der Waals surface area contributed by atoms with Crippen LogP contribution >= 0.6 is 0 Å². The molecule has 0 spiro atoms. The van der Waals surface area contributed by atoms with Crippen molar-refractivity contribution in [1.82, 2.24) is 9.80 Å². The van der Waals surface area contributed by atoms with Crippen molar-refractivity contribution in [2.45, 2.75) is 51.2 Å². The summed E-state index contributed by atoms with van der Waals surface area (Å²) < 4.78 is 0. The van der Waals surface area contributed by atoms with E-state index in [2.05, 4.69) is 30.7 Å². The van der Waals surface area contributed by atoms with Gasteiger partial charge in [0, 0.05) is 31.2 Å². The predicted molar refractivity (Wildman–Crippen MR) is 68.4 cm³/mol. The first-order valence-corrected chi connectivity index (χ1v) is 6.77. The number of nitrogens with zero attached hydrogens (tertiary/aromatic N) is 2. The van der Waals surface area contributed by atoms with Gasteiger partial charge in [-0.2, -0.15) is 0 Å². The maximum atomic E-state index is 6.05. The lowest BCUT2D eigenvalue weighted by molar-refractivity contribution is 0.116. The van der Waals surface area contributed by atoms with Gasteiger partial charge in [0.25, 0.3) is 0 Å². The fourth-order valence-electron chi connectivity index (χ4n) is 3.23. The predicted octanol–water partition coefficient (Wildman–Crippen LogP) is 1.14. The number of nitrogens with two attached hydrogens (primary N) is 1. The van der Waals surface area contributed by atoms with Gasteiger partial charge in [-0.3, -0.25) is 4.90 Å². The number of rotatable bonds is 2. The second-order valence-corrected chi connectivity index (χ2v) is 5.93. The molecule has 0 amide bonds. The monoisotopic (exact) mass is 225 g/mol. The molecule has 2 fully saturated rings. The van der Waals surface area contributed by atoms with Crippen molar-refractivity contribution in [2.75, 3.05) is 26.7 Å². The Kier molecular flexibility index (Phi) is 3.88. The fraction of sp³-hybridized carbons (Fsp3) is 1.00. The van der Waals surface area contributed by atoms with E-state index in [1.165, 1.54) is 38.9 Å². The van der Waals surface area contributed by atoms with Crippen LogP contribution in [0.5, 0.6) is 0 Å². The van der Waals surface area contributed by atoms with Crippen molar-refractivity contribution >= 4 is 0 Å². The molecule has 0 aliphatic carbocycles. The van der Waals surface area contributed by atoms with E-state index in [9.17, 15) is 0 Å². The standard InChI is InChI=1S/C13H27N3/c1-10-7-13(9-15(10)3)16-6-4-5-12(8-16)11(2)14/h10-13H,4-9,14H2,1-3H3. The van der Waals surface area contributed by atoms with Crippen molar-refractivity contribution in [3.8, 4) is 0 Å². The molecule has 2 aliphatic rings. The van der Waals surface area contributed by atoms with E-state index in [1.807, 2.05) is 0 Å². The highest BCUT2D eigenvalue weighted by atomic mass is 15.3. The Morgan fingerprint density at radius 3 is 2.62 bits per heavy atom. The zero-order valence-corrected chi connectivity index (χ0v) is 11.0. The molecule has 0 bridgehead atoms. The first-order valence-electron chi connectivity index (χ1n) is 6.77. The van der Waals surface area contributed by atoms with Crippen LogP contribution in [0.15, 0.2) is 0 Å². The smallest absolute Gasteiger partial charge is 0.0238 e. The highest BCUT2D eigenvalue weighted by Crippen LogP contribution is 2.26. The highest BCUT2D eigenvalue weighted by molar-refractivity contribution is 4.90. The summed E-state index contributed by atoms with van der Waals surface area (Å²) in [4.78, 5) is 5.18. The minimum absolute atomic E-state index is 0.361. The average molecular weight is 225 g/mol. The first kappa shape index (κ1) is 12.3. The molecule has 0 radical (unpaired) electrons. The van der Waals surface area contributed by atoms with Crippen LogP contribution in [0, 0.1) is 5.92 Å². The van der Waals surface area contributed by atoms with Gasteiger partial charge in [0.15, 0.2) is 0 Å². The van der Waals surface area contributed by atoms with Crippen molar-refractivity contribution < 1.29 is 0 Å². The molecule has 2 aliphatic heterocycles. The Labute approximate surface area is 100.0 Å². The molecule has 0 aromatic heterocycles. The Hall–Kier alpha value is -0.120. The quantitative estimate of drug-likeness (QED) is 0.765. The van der Waals surface area contributed by atoms with Gasteiger partial charge < -0.3 is 10.6 Å². The van der Waals surface area contributed by atoms with Crippen molar-refractivity contribution in [3.63, 3.8) is 0 Å². The Balaban J connectivity index is 1.90. The summed E-state index contributed by atoms with van der Waals surface area (Å²) in [5, 5.41) is 0. The van der Waals surface area contributed by atoms with Crippen LogP contribution in [-0.2, 0) is 0 Å². The van der Waals surface area contributed by atoms with Gasteiger partial charge >= 0.3 is 0 Å². The first-order chi connectivity index (χ1) is 7.58. The molecule has 16 heavy (non-hydrogen) atoms. The SMILES string of the molecule is CC(N)C1CCCN(C2CC(C)N(C)C2)C1. The molecule has 0 saturated carbocycles. The number of piperidine rings is 1. The lowest BCUT2D eigenvalue weighted by Gasteiger charge is -2.38. The van der Waals surface area contributed by atoms with Gasteiger partial charge in [-0.15, -0.1) is 0 Å². The molecular formula is C13H27N3. The van der Waals surface area contributed by atoms with Crippen LogP contribution in [0.25, 0.3) is 0 Å². The Morgan fingerprint density at radius 2 is 2.06 bits per heavy atom. The van der Waals surface area contributed by atoms with Crippen molar-refractivity contribution in [1.29, 1.82) is 0 Å². The van der Waals surface area contributed by atoms with Crippen LogP contribution in [0.2, 0.25) is 0 Å². The van der Waals surface area contributed by atoms with Crippen LogP contribution < -0.4 is 5.73 Å². The lowest BCUT2D eigenvalue weighted by Crippen LogP contribution is -2.47. The largest absolute Gasteiger partial charge is 0.328 e. The van der Waals surface area contributed by atoms with Gasteiger partial charge in [-0.25, -0.2) is 0 Å². The van der Waals surface area contributed by atoms with Gasteiger partial charge in [-0.05, 0) is 52.6 Å². The second kappa shape index (κ2) is 5.03. The molecule has 3 heteroatoms. The van der Waals surface area contributed by atoms with Gasteiger partial charge in [0.2, 0.25) is 0 Å². The Morgan fingerprint density at radius 1 is 1.31 bits per heavy atom. The maximum Gasteiger partial charge on any atom is 0.0238 e. The Bertz CT molecular complexity index is 219. The summed E-state index contributed by atoms with van der Waals surface area (Å²) in [6.45, 7) is 8.26. The van der Waals surface area contributed by atoms with E-state index in [1.54, 1.807) is 0 Å². The third kappa shape index (κ3) is 2.58. The molecule has 94 valence electrons. The minimum atomic E-state index is 0.361. The summed E-state index contributed by atoms with van der Waals surface area (Å²) in [5.41, 5.74) is 6.05. The lowest BCUT2D eigenvalue weighted by atomic mass is 9.91. The van der Waals surface area contributed by atoms with Crippen LogP contribution in [-0.4, -0.2) is 54.6 Å². The maximum absolute atomic E-state index is 6.05. The number of likely N-dealkylation sites (tertiary alicyclic amines) is 2. The highest BCUT2D eigenvalue weighted by Gasteiger charge is 2.33. The molecule has 4 atom stereocenters. The average Bonchev–Trinajstić information content (AvgIpc) is 2.59. The number of hydrogen-bond donors (Lipinski definition) is 1. The summed E-state index contributed by atoms with van der Waals surface area (Å²) in [6, 6.07) is 1.89. The molecule has 0 aromatic carbocycles. The third-order valence-electron chi connectivity index (χ3n) is 4.61. The van der Waals surface area contributed by atoms with Gasteiger partial charge in [0.05, 0.1) is 0 Å². The molecule has 2 heterocycles. The second-order valence-electron chi connectivity index (χ2n) is 5.93. The van der Waals surface area contributed by atoms with E-state index in [0.717, 1.165) is 18.0 Å². The zero-order valence-electron chi connectivity index (χ0n) is 11.0. The normalized spacial score (nSPS) is 40.1. The molecule has 2 N–H and O–H groups in total. The van der Waals surface area contributed by atoms with Crippen LogP contribution in [0.4, 0.5) is 0 Å². The van der Waals surface area contributed by atoms with E-state index in [4.69, 9.17) is 5.73 Å². The van der Waals surface area contributed by atoms with Crippen molar-refractivity contribution in [3.05, 3.63) is 0 Å². The van der Waals surface area contributed by atoms with E-state index < -0.39 is 0 Å². The fourth-order valence-corrected chi connectivity index (χ4v) is 3.23. The summed E-state index contributed by atoms with van der Waals surface area (Å²) in [7, 11) is 2.25. The van der Waals surface area contributed by atoms with Crippen molar-refractivity contribution in [2.24, 2.45) is 11.7 Å². The van der Waals surface area contributed by atoms with E-state index in [0.29, 0.717) is 6.04 Å². The van der Waals surface area contributed by atoms with Crippen LogP contribution in [0.3, 0.4) is 0 Å². The number of likely N-dealkylation sites (N-methyl/N-ethyl adjacent to an activating group) is 1.